The SMILES string of the molecule is CCn1c(=NC(=O)c2cccc(NS(=O)(=O)c3ccc(OC)cc3)c2)sc2cc(C(C)C)ccc21. The van der Waals surface area contributed by atoms with Crippen molar-refractivity contribution in [2.75, 3.05) is 11.8 Å². The zero-order chi connectivity index (χ0) is 25.2. The number of hydrogen-bond donors (Lipinski definition) is 1. The molecule has 0 atom stereocenters. The van der Waals surface area contributed by atoms with E-state index in [4.69, 9.17) is 4.74 Å². The summed E-state index contributed by atoms with van der Waals surface area (Å²) in [5.41, 5.74) is 2.84. The molecule has 0 aliphatic heterocycles. The number of thiazole rings is 1. The van der Waals surface area contributed by atoms with Crippen molar-refractivity contribution in [2.45, 2.75) is 38.1 Å². The number of carbonyl (C=O) groups excluding carboxylic acids is 1. The summed E-state index contributed by atoms with van der Waals surface area (Å²) in [6, 6.07) is 18.7. The van der Waals surface area contributed by atoms with E-state index in [1.165, 1.54) is 42.2 Å². The van der Waals surface area contributed by atoms with Gasteiger partial charge in [0, 0.05) is 17.8 Å². The molecule has 1 N–H and O–H groups in total. The lowest BCUT2D eigenvalue weighted by Gasteiger charge is -2.09. The van der Waals surface area contributed by atoms with Gasteiger partial charge in [0.1, 0.15) is 5.75 Å². The van der Waals surface area contributed by atoms with E-state index in [9.17, 15) is 13.2 Å². The standard InChI is InChI=1S/C26H27N3O4S2/c1-5-29-23-14-9-18(17(2)3)16-24(23)34-26(29)27-25(30)19-7-6-8-20(15-19)28-35(31,32)22-12-10-21(33-4)11-13-22/h6-17,28H,5H2,1-4H3. The number of sulfonamides is 1. The molecule has 0 aliphatic rings. The van der Waals surface area contributed by atoms with E-state index in [-0.39, 0.29) is 10.6 Å². The van der Waals surface area contributed by atoms with Gasteiger partial charge in [0.25, 0.3) is 15.9 Å². The van der Waals surface area contributed by atoms with E-state index < -0.39 is 15.9 Å². The summed E-state index contributed by atoms with van der Waals surface area (Å²) in [4.78, 5) is 18.1. The van der Waals surface area contributed by atoms with Crippen molar-refractivity contribution < 1.29 is 17.9 Å². The van der Waals surface area contributed by atoms with Crippen molar-refractivity contribution in [1.29, 1.82) is 0 Å². The Hall–Kier alpha value is -3.43. The van der Waals surface area contributed by atoms with Crippen molar-refractivity contribution in [3.05, 3.63) is 82.7 Å². The van der Waals surface area contributed by atoms with Gasteiger partial charge >= 0.3 is 0 Å². The van der Waals surface area contributed by atoms with Crippen LogP contribution in [0.1, 0.15) is 42.6 Å². The lowest BCUT2D eigenvalue weighted by Crippen LogP contribution is -2.16. The fraction of sp³-hybridized carbons (Fsp3) is 0.231. The van der Waals surface area contributed by atoms with Gasteiger partial charge in [-0.1, -0.05) is 37.3 Å². The van der Waals surface area contributed by atoms with E-state index in [2.05, 4.69) is 41.8 Å². The lowest BCUT2D eigenvalue weighted by atomic mass is 10.0. The summed E-state index contributed by atoms with van der Waals surface area (Å²) in [7, 11) is -2.32. The third-order valence-corrected chi connectivity index (χ3v) is 8.06. The number of ether oxygens (including phenoxy) is 1. The van der Waals surface area contributed by atoms with Gasteiger partial charge in [0.2, 0.25) is 0 Å². The number of anilines is 1. The summed E-state index contributed by atoms with van der Waals surface area (Å²) in [5.74, 6) is 0.528. The van der Waals surface area contributed by atoms with Gasteiger partial charge in [-0.15, -0.1) is 0 Å². The molecule has 182 valence electrons. The number of methoxy groups -OCH3 is 1. The first-order chi connectivity index (χ1) is 16.7. The molecule has 3 aromatic carbocycles. The van der Waals surface area contributed by atoms with Gasteiger partial charge < -0.3 is 9.30 Å². The molecule has 0 spiro atoms. The van der Waals surface area contributed by atoms with Crippen LogP contribution in [0.5, 0.6) is 5.75 Å². The number of aryl methyl sites for hydroxylation is 1. The number of carbonyl (C=O) groups is 1. The Balaban J connectivity index is 1.64. The van der Waals surface area contributed by atoms with Crippen molar-refractivity contribution in [3.63, 3.8) is 0 Å². The summed E-state index contributed by atoms with van der Waals surface area (Å²) < 4.78 is 36.2. The first-order valence-corrected chi connectivity index (χ1v) is 13.5. The minimum atomic E-state index is -3.83. The highest BCUT2D eigenvalue weighted by Crippen LogP contribution is 2.24. The number of rotatable bonds is 7. The molecular formula is C26H27N3O4S2. The van der Waals surface area contributed by atoms with Crippen LogP contribution in [0.25, 0.3) is 10.2 Å². The van der Waals surface area contributed by atoms with Gasteiger partial charge in [-0.25, -0.2) is 8.42 Å². The molecule has 1 aromatic heterocycles. The molecule has 4 rings (SSSR count). The third kappa shape index (κ3) is 5.31. The Bertz CT molecular complexity index is 1550. The Labute approximate surface area is 208 Å². The van der Waals surface area contributed by atoms with E-state index >= 15 is 0 Å². The molecule has 0 saturated carbocycles. The van der Waals surface area contributed by atoms with Crippen LogP contribution in [0.3, 0.4) is 0 Å². The van der Waals surface area contributed by atoms with E-state index in [1.54, 1.807) is 30.3 Å². The van der Waals surface area contributed by atoms with Crippen LogP contribution in [0.2, 0.25) is 0 Å². The molecule has 35 heavy (non-hydrogen) atoms. The fourth-order valence-electron chi connectivity index (χ4n) is 3.68. The Morgan fingerprint density at radius 2 is 1.83 bits per heavy atom. The number of fused-ring (bicyclic) bond motifs is 1. The molecule has 0 aliphatic carbocycles. The second-order valence-corrected chi connectivity index (χ2v) is 11.0. The van der Waals surface area contributed by atoms with Gasteiger partial charge in [0.15, 0.2) is 4.80 Å². The highest BCUT2D eigenvalue weighted by atomic mass is 32.2. The molecule has 0 fully saturated rings. The average molecular weight is 510 g/mol. The highest BCUT2D eigenvalue weighted by Gasteiger charge is 2.16. The molecule has 1 amide bonds. The first kappa shape index (κ1) is 24.7. The smallest absolute Gasteiger partial charge is 0.279 e. The van der Waals surface area contributed by atoms with Crippen molar-refractivity contribution in [3.8, 4) is 5.75 Å². The zero-order valence-corrected chi connectivity index (χ0v) is 21.6. The number of amides is 1. The molecule has 1 heterocycles. The van der Waals surface area contributed by atoms with Crippen molar-refractivity contribution in [1.82, 2.24) is 4.57 Å². The van der Waals surface area contributed by atoms with Gasteiger partial charge in [0.05, 0.1) is 22.2 Å². The maximum Gasteiger partial charge on any atom is 0.279 e. The third-order valence-electron chi connectivity index (χ3n) is 5.62. The molecule has 4 aromatic rings. The largest absolute Gasteiger partial charge is 0.497 e. The van der Waals surface area contributed by atoms with Gasteiger partial charge in [-0.2, -0.15) is 4.99 Å². The molecule has 0 saturated heterocycles. The predicted octanol–water partition coefficient (Wildman–Crippen LogP) is 5.40. The second-order valence-electron chi connectivity index (χ2n) is 8.29. The van der Waals surface area contributed by atoms with Crippen molar-refractivity contribution >= 4 is 43.2 Å². The fourth-order valence-corrected chi connectivity index (χ4v) is 5.87. The Morgan fingerprint density at radius 1 is 1.09 bits per heavy atom. The maximum absolute atomic E-state index is 13.0. The summed E-state index contributed by atoms with van der Waals surface area (Å²) in [5, 5.41) is 0. The number of hydrogen-bond acceptors (Lipinski definition) is 5. The summed E-state index contributed by atoms with van der Waals surface area (Å²) in [6.07, 6.45) is 0. The predicted molar refractivity (Wildman–Crippen MR) is 140 cm³/mol. The van der Waals surface area contributed by atoms with Gasteiger partial charge in [-0.3, -0.25) is 9.52 Å². The highest BCUT2D eigenvalue weighted by molar-refractivity contribution is 7.92. The Kier molecular flexibility index (Phi) is 7.09. The minimum Gasteiger partial charge on any atom is -0.497 e. The molecular weight excluding hydrogens is 482 g/mol. The number of nitrogens with zero attached hydrogens (tertiary/aromatic N) is 2. The Morgan fingerprint density at radius 3 is 2.49 bits per heavy atom. The second kappa shape index (κ2) is 10.1. The quantitative estimate of drug-likeness (QED) is 0.361. The van der Waals surface area contributed by atoms with E-state index in [0.717, 1.165) is 10.2 Å². The van der Waals surface area contributed by atoms with Crippen LogP contribution in [0, 0.1) is 0 Å². The van der Waals surface area contributed by atoms with Crippen LogP contribution in [0.15, 0.2) is 76.6 Å². The summed E-state index contributed by atoms with van der Waals surface area (Å²) >= 11 is 1.47. The minimum absolute atomic E-state index is 0.0924. The summed E-state index contributed by atoms with van der Waals surface area (Å²) in [6.45, 7) is 6.98. The van der Waals surface area contributed by atoms with Gasteiger partial charge in [-0.05, 0) is 73.0 Å². The van der Waals surface area contributed by atoms with E-state index in [0.29, 0.717) is 28.6 Å². The number of aromatic nitrogens is 1. The lowest BCUT2D eigenvalue weighted by molar-refractivity contribution is 0.0998. The van der Waals surface area contributed by atoms with Crippen molar-refractivity contribution in [2.24, 2.45) is 4.99 Å². The molecule has 0 bridgehead atoms. The topological polar surface area (TPSA) is 89.8 Å². The molecule has 7 nitrogen and oxygen atoms in total. The first-order valence-electron chi connectivity index (χ1n) is 11.2. The molecule has 0 radical (unpaired) electrons. The number of nitrogens with one attached hydrogen (secondary N) is 1. The maximum atomic E-state index is 13.0. The molecule has 0 unspecified atom stereocenters. The number of benzene rings is 3. The molecule has 9 heteroatoms. The zero-order valence-electron chi connectivity index (χ0n) is 20.0. The van der Waals surface area contributed by atoms with Crippen LogP contribution >= 0.6 is 11.3 Å². The van der Waals surface area contributed by atoms with Crippen LogP contribution < -0.4 is 14.3 Å². The van der Waals surface area contributed by atoms with Crippen LogP contribution in [-0.4, -0.2) is 26.0 Å². The van der Waals surface area contributed by atoms with Crippen LogP contribution in [-0.2, 0) is 16.6 Å². The normalized spacial score (nSPS) is 12.3. The van der Waals surface area contributed by atoms with Crippen LogP contribution in [0.4, 0.5) is 5.69 Å². The average Bonchev–Trinajstić information content (AvgIpc) is 3.19. The van der Waals surface area contributed by atoms with E-state index in [1.807, 2.05) is 11.5 Å². The monoisotopic (exact) mass is 509 g/mol.